The van der Waals surface area contributed by atoms with Gasteiger partial charge in [0.1, 0.15) is 0 Å². The van der Waals surface area contributed by atoms with E-state index in [2.05, 4.69) is 103 Å². The molecular weight excluding hydrogens is 576 g/mol. The zero-order valence-electron chi connectivity index (χ0n) is 4.11. The predicted molar refractivity (Wildman–Crippen MR) is 79.9 cm³/mol. The van der Waals surface area contributed by atoms with E-state index in [4.69, 9.17) is 0 Å². The van der Waals surface area contributed by atoms with Gasteiger partial charge in [-0.25, -0.2) is 0 Å². The van der Waals surface area contributed by atoms with Crippen molar-refractivity contribution in [3.63, 3.8) is 0 Å². The zero-order chi connectivity index (χ0) is 6.86. The summed E-state index contributed by atoms with van der Waals surface area (Å²) in [6.45, 7) is 2.07. The standard InChI is InChI=1S/C3H6I4S/c1-2-3-8(4,5,6)7/h2-3,8H,1H3/b3-2-. The summed E-state index contributed by atoms with van der Waals surface area (Å²) in [5.41, 5.74) is 0. The fraction of sp³-hybridized carbons (Fsp3) is 0.333. The quantitative estimate of drug-likeness (QED) is 0.328. The minimum atomic E-state index is -1.41. The van der Waals surface area contributed by atoms with Crippen molar-refractivity contribution in [2.45, 2.75) is 6.92 Å². The Morgan fingerprint density at radius 1 is 1.12 bits per heavy atom. The van der Waals surface area contributed by atoms with E-state index in [1.165, 1.54) is 0 Å². The molecule has 0 aromatic heterocycles. The highest BCUT2D eigenvalue weighted by Crippen LogP contribution is 2.96. The third-order valence-corrected chi connectivity index (χ3v) is 4.98. The molecular formula is C3H6I4S. The van der Waals surface area contributed by atoms with Gasteiger partial charge in [-0.15, -0.1) is -2.15 Å². The lowest BCUT2D eigenvalue weighted by Gasteiger charge is -2.32. The monoisotopic (exact) mass is 582 g/mol. The van der Waals surface area contributed by atoms with E-state index in [1.807, 2.05) is 0 Å². The molecule has 0 radical (unpaired) electrons. The average molecular weight is 582 g/mol. The van der Waals surface area contributed by atoms with Crippen molar-refractivity contribution in [2.24, 2.45) is 0 Å². The van der Waals surface area contributed by atoms with Gasteiger partial charge in [-0.1, -0.05) is 6.08 Å². The van der Waals surface area contributed by atoms with Crippen LogP contribution in [0.25, 0.3) is 0 Å². The highest BCUT2D eigenvalue weighted by molar-refractivity contribution is 14.6. The van der Waals surface area contributed by atoms with Crippen molar-refractivity contribution in [3.05, 3.63) is 11.5 Å². The third kappa shape index (κ3) is 9.01. The van der Waals surface area contributed by atoms with Gasteiger partial charge >= 0.3 is 0 Å². The summed E-state index contributed by atoms with van der Waals surface area (Å²) in [4.78, 5) is 0. The molecule has 0 bridgehead atoms. The van der Waals surface area contributed by atoms with E-state index in [0.29, 0.717) is 0 Å². The van der Waals surface area contributed by atoms with Crippen LogP contribution in [0.4, 0.5) is 0 Å². The van der Waals surface area contributed by atoms with Crippen LogP contribution in [-0.4, -0.2) is 0 Å². The Labute approximate surface area is 98.6 Å². The van der Waals surface area contributed by atoms with Crippen molar-refractivity contribution < 1.29 is 0 Å². The maximum Gasteiger partial charge on any atom is -0.0133 e. The topological polar surface area (TPSA) is 0 Å². The molecule has 8 heavy (non-hydrogen) atoms. The van der Waals surface area contributed by atoms with E-state index < -0.39 is -2.15 Å². The van der Waals surface area contributed by atoms with Crippen LogP contribution >= 0.6 is 82.7 Å². The van der Waals surface area contributed by atoms with E-state index in [1.54, 1.807) is 0 Å². The number of hydrogen-bond donors (Lipinski definition) is 1. The van der Waals surface area contributed by atoms with Gasteiger partial charge in [-0.05, 0) is 97.2 Å². The minimum absolute atomic E-state index is 1.41. The highest BCUT2D eigenvalue weighted by atomic mass is 127. The fourth-order valence-corrected chi connectivity index (χ4v) is 4.54. The van der Waals surface area contributed by atoms with Gasteiger partial charge in [0.25, 0.3) is 0 Å². The highest BCUT2D eigenvalue weighted by Gasteiger charge is 2.21. The molecule has 0 unspecified atom stereocenters. The largest absolute Gasteiger partial charge is 0.101 e. The number of hydrogen-bond acceptors (Lipinski definition) is 0. The van der Waals surface area contributed by atoms with E-state index in [-0.39, 0.29) is 0 Å². The van der Waals surface area contributed by atoms with Crippen molar-refractivity contribution in [3.8, 4) is 0 Å². The van der Waals surface area contributed by atoms with E-state index in [0.717, 1.165) is 0 Å². The van der Waals surface area contributed by atoms with Crippen molar-refractivity contribution in [1.82, 2.24) is 0 Å². The summed E-state index contributed by atoms with van der Waals surface area (Å²) >= 11 is 10.1. The predicted octanol–water partition coefficient (Wildman–Crippen LogP) is 4.99. The summed E-state index contributed by atoms with van der Waals surface area (Å²) in [6.07, 6.45) is 2.12. The first-order valence-electron chi connectivity index (χ1n) is 1.85. The lowest BCUT2D eigenvalue weighted by atomic mass is 10.8. The van der Waals surface area contributed by atoms with Crippen LogP contribution in [0.3, 0.4) is 0 Å². The van der Waals surface area contributed by atoms with Crippen molar-refractivity contribution >= 4 is 82.7 Å². The Morgan fingerprint density at radius 2 is 1.50 bits per heavy atom. The molecule has 0 aliphatic carbocycles. The molecule has 0 saturated carbocycles. The molecule has 0 amide bonds. The molecule has 0 heterocycles. The maximum atomic E-state index is 2.51. The fourth-order valence-electron chi connectivity index (χ4n) is 0.225. The Bertz CT molecular complexity index is 101. The van der Waals surface area contributed by atoms with Gasteiger partial charge in [0.05, 0.1) is 0 Å². The van der Waals surface area contributed by atoms with Crippen LogP contribution < -0.4 is 0 Å². The molecule has 5 heteroatoms. The lowest BCUT2D eigenvalue weighted by Crippen LogP contribution is -1.64. The van der Waals surface area contributed by atoms with Crippen LogP contribution in [0.1, 0.15) is 6.92 Å². The van der Waals surface area contributed by atoms with Crippen molar-refractivity contribution in [1.29, 1.82) is 0 Å². The smallest absolute Gasteiger partial charge is 0.0133 e. The van der Waals surface area contributed by atoms with Crippen LogP contribution in [0, 0.1) is 0 Å². The molecule has 0 rings (SSSR count). The van der Waals surface area contributed by atoms with Crippen molar-refractivity contribution in [2.75, 3.05) is 0 Å². The summed E-state index contributed by atoms with van der Waals surface area (Å²) in [5.74, 6) is 0. The van der Waals surface area contributed by atoms with Gasteiger partial charge in [0.2, 0.25) is 0 Å². The molecule has 0 N–H and O–H groups in total. The molecule has 0 saturated heterocycles. The first-order valence-corrected chi connectivity index (χ1v) is 15.3. The van der Waals surface area contributed by atoms with Gasteiger partial charge < -0.3 is 0 Å². The second-order valence-electron chi connectivity index (χ2n) is 1.26. The molecule has 0 fully saturated rings. The number of rotatable bonds is 1. The number of thiol groups is 1. The van der Waals surface area contributed by atoms with Crippen LogP contribution in [0.2, 0.25) is 0 Å². The van der Waals surface area contributed by atoms with Crippen LogP contribution in [0.15, 0.2) is 11.5 Å². The second kappa shape index (κ2) is 3.61. The summed E-state index contributed by atoms with van der Waals surface area (Å²) in [7, 11) is 0. The number of halogens is 4. The first kappa shape index (κ1) is 11.0. The lowest BCUT2D eigenvalue weighted by molar-refractivity contribution is 1.79. The van der Waals surface area contributed by atoms with Crippen LogP contribution in [0.5, 0.6) is 0 Å². The first-order chi connectivity index (χ1) is 3.31. The Balaban J connectivity index is 4.14. The Morgan fingerprint density at radius 3 is 1.50 bits per heavy atom. The van der Waals surface area contributed by atoms with Gasteiger partial charge in [0, 0.05) is 0 Å². The van der Waals surface area contributed by atoms with E-state index in [9.17, 15) is 0 Å². The third-order valence-electron chi connectivity index (χ3n) is 0.374. The summed E-state index contributed by atoms with van der Waals surface area (Å²) < 4.78 is -1.41. The van der Waals surface area contributed by atoms with Gasteiger partial charge in [-0.3, -0.25) is 0 Å². The molecule has 0 aliphatic heterocycles. The molecule has 0 nitrogen and oxygen atoms in total. The average Bonchev–Trinajstić information content (AvgIpc) is 1.25. The summed E-state index contributed by atoms with van der Waals surface area (Å²) in [5, 5.41) is 2.29. The maximum absolute atomic E-state index is 2.51. The van der Waals surface area contributed by atoms with Crippen LogP contribution in [-0.2, 0) is 0 Å². The SMILES string of the molecule is C/C=C\[SH](I)(I)(I)I. The molecule has 0 aliphatic rings. The normalized spacial score (nSPS) is 18.4. The zero-order valence-corrected chi connectivity index (χ0v) is 13.6. The molecule has 0 spiro atoms. The Kier molecular flexibility index (Phi) is 4.96. The van der Waals surface area contributed by atoms with Gasteiger partial charge in [-0.2, -0.15) is 0 Å². The second-order valence-corrected chi connectivity index (χ2v) is 60.4. The number of allylic oxidation sites excluding steroid dienone is 1. The molecule has 0 aromatic carbocycles. The molecule has 0 aromatic rings. The van der Waals surface area contributed by atoms with E-state index >= 15 is 0 Å². The van der Waals surface area contributed by atoms with Gasteiger partial charge in [0.15, 0.2) is 0 Å². The Hall–Kier alpha value is 3.01. The molecule has 0 atom stereocenters. The minimum Gasteiger partial charge on any atom is -0.101 e. The molecule has 52 valence electrons. The summed E-state index contributed by atoms with van der Waals surface area (Å²) in [6, 6.07) is 0.